The Hall–Kier alpha value is -1.75. The summed E-state index contributed by atoms with van der Waals surface area (Å²) in [6.45, 7) is 3.66. The van der Waals surface area contributed by atoms with E-state index in [1.807, 2.05) is 6.20 Å². The second-order valence-corrected chi connectivity index (χ2v) is 4.88. The van der Waals surface area contributed by atoms with Gasteiger partial charge in [0.25, 0.3) is 0 Å². The lowest BCUT2D eigenvalue weighted by Gasteiger charge is -2.29. The van der Waals surface area contributed by atoms with Crippen molar-refractivity contribution < 1.29 is 0 Å². The Labute approximate surface area is 116 Å². The lowest BCUT2D eigenvalue weighted by molar-refractivity contribution is 0.684. The number of aromatic nitrogens is 4. The zero-order valence-electron chi connectivity index (χ0n) is 10.7. The first-order chi connectivity index (χ1) is 9.28. The zero-order valence-corrected chi connectivity index (χ0v) is 11.4. The lowest BCUT2D eigenvalue weighted by atomic mass is 10.1. The van der Waals surface area contributed by atoms with E-state index in [0.29, 0.717) is 5.02 Å². The second kappa shape index (κ2) is 5.09. The minimum atomic E-state index is 0.579. The number of aryl methyl sites for hydroxylation is 1. The molecular weight excluding hydrogens is 262 g/mol. The van der Waals surface area contributed by atoms with Crippen molar-refractivity contribution in [3.05, 3.63) is 40.8 Å². The molecule has 5 nitrogen and oxygen atoms in total. The van der Waals surface area contributed by atoms with E-state index in [2.05, 4.69) is 31.8 Å². The normalized spacial score (nSPS) is 14.3. The van der Waals surface area contributed by atoms with Gasteiger partial charge in [0.15, 0.2) is 5.82 Å². The van der Waals surface area contributed by atoms with Crippen LogP contribution >= 0.6 is 11.6 Å². The molecule has 0 radical (unpaired) electrons. The van der Waals surface area contributed by atoms with Crippen molar-refractivity contribution in [3.63, 3.8) is 0 Å². The van der Waals surface area contributed by atoms with E-state index < -0.39 is 0 Å². The Morgan fingerprint density at radius 2 is 2.21 bits per heavy atom. The van der Waals surface area contributed by atoms with Crippen LogP contribution in [0, 0.1) is 0 Å². The Balaban J connectivity index is 1.91. The maximum atomic E-state index is 6.14. The molecule has 0 bridgehead atoms. The molecular formula is C13H14ClN5. The summed E-state index contributed by atoms with van der Waals surface area (Å²) in [5.74, 6) is 1.66. The molecule has 98 valence electrons. The number of rotatable bonds is 2. The van der Waals surface area contributed by atoms with E-state index in [9.17, 15) is 0 Å². The van der Waals surface area contributed by atoms with Crippen molar-refractivity contribution in [3.8, 4) is 0 Å². The van der Waals surface area contributed by atoms with E-state index in [-0.39, 0.29) is 0 Å². The predicted molar refractivity (Wildman–Crippen MR) is 73.2 cm³/mol. The number of anilines is 1. The Morgan fingerprint density at radius 1 is 1.32 bits per heavy atom. The van der Waals surface area contributed by atoms with Crippen molar-refractivity contribution in [2.75, 3.05) is 11.4 Å². The molecule has 0 saturated carbocycles. The summed E-state index contributed by atoms with van der Waals surface area (Å²) in [4.78, 5) is 19.3. The zero-order chi connectivity index (χ0) is 13.2. The van der Waals surface area contributed by atoms with Crippen LogP contribution in [0.2, 0.25) is 5.02 Å². The van der Waals surface area contributed by atoms with Gasteiger partial charge < -0.3 is 4.90 Å². The van der Waals surface area contributed by atoms with Gasteiger partial charge in [0.1, 0.15) is 17.2 Å². The molecule has 1 aliphatic heterocycles. The predicted octanol–water partition coefficient (Wildman–Crippen LogP) is 2.05. The van der Waals surface area contributed by atoms with Crippen molar-refractivity contribution in [1.29, 1.82) is 0 Å². The topological polar surface area (TPSA) is 54.8 Å². The van der Waals surface area contributed by atoms with Crippen LogP contribution in [0.3, 0.4) is 0 Å². The summed E-state index contributed by atoms with van der Waals surface area (Å²) < 4.78 is 0. The largest absolute Gasteiger partial charge is 0.349 e. The minimum Gasteiger partial charge on any atom is -0.349 e. The van der Waals surface area contributed by atoms with Gasteiger partial charge in [0.2, 0.25) is 0 Å². The summed E-state index contributed by atoms with van der Waals surface area (Å²) >= 11 is 6.14. The molecule has 0 atom stereocenters. The summed E-state index contributed by atoms with van der Waals surface area (Å²) in [6.07, 6.45) is 6.85. The molecule has 0 aliphatic carbocycles. The van der Waals surface area contributed by atoms with Crippen LogP contribution in [0.5, 0.6) is 0 Å². The van der Waals surface area contributed by atoms with Gasteiger partial charge in [-0.05, 0) is 12.0 Å². The number of hydrogen-bond acceptors (Lipinski definition) is 5. The monoisotopic (exact) mass is 275 g/mol. The molecule has 6 heteroatoms. The fourth-order valence-corrected chi connectivity index (χ4v) is 2.46. The highest BCUT2D eigenvalue weighted by Crippen LogP contribution is 2.26. The van der Waals surface area contributed by atoms with Crippen LogP contribution in [0.1, 0.15) is 24.0 Å². The Bertz CT molecular complexity index is 601. The van der Waals surface area contributed by atoms with Crippen LogP contribution in [-0.2, 0) is 19.4 Å². The average molecular weight is 276 g/mol. The van der Waals surface area contributed by atoms with E-state index in [4.69, 9.17) is 11.6 Å². The van der Waals surface area contributed by atoms with Crippen LogP contribution in [-0.4, -0.2) is 26.5 Å². The second-order valence-electron chi connectivity index (χ2n) is 4.48. The van der Waals surface area contributed by atoms with Crippen LogP contribution in [0.4, 0.5) is 5.82 Å². The molecule has 0 N–H and O–H groups in total. The number of halogens is 1. The third-order valence-electron chi connectivity index (χ3n) is 3.26. The third-order valence-corrected chi connectivity index (χ3v) is 3.53. The highest BCUT2D eigenvalue weighted by molar-refractivity contribution is 6.32. The molecule has 0 amide bonds. The quantitative estimate of drug-likeness (QED) is 0.840. The molecule has 19 heavy (non-hydrogen) atoms. The van der Waals surface area contributed by atoms with Crippen molar-refractivity contribution >= 4 is 17.4 Å². The van der Waals surface area contributed by atoms with Gasteiger partial charge in [0.05, 0.1) is 18.4 Å². The molecule has 0 saturated heterocycles. The van der Waals surface area contributed by atoms with Gasteiger partial charge in [-0.3, -0.25) is 0 Å². The lowest BCUT2D eigenvalue weighted by Crippen LogP contribution is -2.32. The summed E-state index contributed by atoms with van der Waals surface area (Å²) in [7, 11) is 0. The number of nitrogens with zero attached hydrogens (tertiary/aromatic N) is 5. The smallest absolute Gasteiger partial charge is 0.151 e. The maximum Gasteiger partial charge on any atom is 0.151 e. The standard InChI is InChI=1S/C13H14ClN5/c1-2-12-16-5-9-3-4-19(7-11(9)18-12)13-10(14)6-15-8-17-13/h5-6,8H,2-4,7H2,1H3. The van der Waals surface area contributed by atoms with Crippen LogP contribution < -0.4 is 4.90 Å². The van der Waals surface area contributed by atoms with Crippen molar-refractivity contribution in [1.82, 2.24) is 19.9 Å². The first-order valence-electron chi connectivity index (χ1n) is 6.32. The summed E-state index contributed by atoms with van der Waals surface area (Å²) in [6, 6.07) is 0. The highest BCUT2D eigenvalue weighted by Gasteiger charge is 2.21. The molecule has 3 rings (SSSR count). The third kappa shape index (κ3) is 2.38. The van der Waals surface area contributed by atoms with Gasteiger partial charge in [-0.15, -0.1) is 0 Å². The van der Waals surface area contributed by atoms with E-state index >= 15 is 0 Å². The van der Waals surface area contributed by atoms with Gasteiger partial charge in [-0.1, -0.05) is 18.5 Å². The minimum absolute atomic E-state index is 0.579. The number of hydrogen-bond donors (Lipinski definition) is 0. The van der Waals surface area contributed by atoms with Gasteiger partial charge in [0, 0.05) is 19.2 Å². The molecule has 0 fully saturated rings. The summed E-state index contributed by atoms with van der Waals surface area (Å²) in [5.41, 5.74) is 2.30. The van der Waals surface area contributed by atoms with E-state index in [0.717, 1.165) is 43.3 Å². The van der Waals surface area contributed by atoms with E-state index in [1.54, 1.807) is 6.20 Å². The molecule has 2 aromatic heterocycles. The first-order valence-corrected chi connectivity index (χ1v) is 6.70. The Morgan fingerprint density at radius 3 is 3.00 bits per heavy atom. The first kappa shape index (κ1) is 12.3. The fraction of sp³-hybridized carbons (Fsp3) is 0.385. The SMILES string of the molecule is CCc1ncc2c(n1)CN(c1ncncc1Cl)CC2. The van der Waals surface area contributed by atoms with Gasteiger partial charge in [-0.2, -0.15) is 0 Å². The summed E-state index contributed by atoms with van der Waals surface area (Å²) in [5, 5.41) is 0.579. The molecule has 3 heterocycles. The van der Waals surface area contributed by atoms with Gasteiger partial charge >= 0.3 is 0 Å². The fourth-order valence-electron chi connectivity index (χ4n) is 2.23. The number of fused-ring (bicyclic) bond motifs is 1. The molecule has 0 aromatic carbocycles. The maximum absolute atomic E-state index is 6.14. The van der Waals surface area contributed by atoms with Crippen LogP contribution in [0.15, 0.2) is 18.7 Å². The van der Waals surface area contributed by atoms with Gasteiger partial charge in [-0.25, -0.2) is 19.9 Å². The average Bonchev–Trinajstić information content (AvgIpc) is 2.46. The van der Waals surface area contributed by atoms with Crippen molar-refractivity contribution in [2.45, 2.75) is 26.3 Å². The highest BCUT2D eigenvalue weighted by atomic mass is 35.5. The molecule has 1 aliphatic rings. The molecule has 0 unspecified atom stereocenters. The molecule has 2 aromatic rings. The molecule has 0 spiro atoms. The van der Waals surface area contributed by atoms with Crippen LogP contribution in [0.25, 0.3) is 0 Å². The van der Waals surface area contributed by atoms with E-state index in [1.165, 1.54) is 11.9 Å². The Kier molecular flexibility index (Phi) is 3.29. The van der Waals surface area contributed by atoms with Crippen molar-refractivity contribution in [2.24, 2.45) is 0 Å².